The van der Waals surface area contributed by atoms with E-state index in [9.17, 15) is 8.42 Å². The first-order valence-electron chi connectivity index (χ1n) is 5.85. The zero-order valence-corrected chi connectivity index (χ0v) is 13.7. The standard InChI is InChI=1S/C14H13IN2O2S/c1-11-6-8-13(9-7-11)20(18,19)17-16-10-12-4-2-3-5-14(12)15/h2-10,17H,1H3. The Morgan fingerprint density at radius 1 is 1.10 bits per heavy atom. The first kappa shape index (κ1) is 15.0. The van der Waals surface area contributed by atoms with Crippen molar-refractivity contribution in [2.24, 2.45) is 5.10 Å². The van der Waals surface area contributed by atoms with Crippen LogP contribution < -0.4 is 4.83 Å². The van der Waals surface area contributed by atoms with E-state index in [1.54, 1.807) is 24.3 Å². The molecule has 0 heterocycles. The molecule has 2 aromatic carbocycles. The lowest BCUT2D eigenvalue weighted by Gasteiger charge is -2.03. The molecule has 0 saturated carbocycles. The lowest BCUT2D eigenvalue weighted by molar-refractivity contribution is 0.584. The fraction of sp³-hybridized carbons (Fsp3) is 0.0714. The molecule has 0 bridgehead atoms. The molecular weight excluding hydrogens is 387 g/mol. The number of rotatable bonds is 4. The van der Waals surface area contributed by atoms with Gasteiger partial charge < -0.3 is 0 Å². The van der Waals surface area contributed by atoms with E-state index in [2.05, 4.69) is 32.5 Å². The van der Waals surface area contributed by atoms with Gasteiger partial charge in [0.15, 0.2) is 0 Å². The van der Waals surface area contributed by atoms with Crippen LogP contribution in [0.1, 0.15) is 11.1 Å². The predicted octanol–water partition coefficient (Wildman–Crippen LogP) is 2.91. The Bertz CT molecular complexity index is 725. The third-order valence-electron chi connectivity index (χ3n) is 2.61. The highest BCUT2D eigenvalue weighted by Gasteiger charge is 2.11. The molecule has 6 heteroatoms. The smallest absolute Gasteiger partial charge is 0.200 e. The zero-order valence-electron chi connectivity index (χ0n) is 10.7. The predicted molar refractivity (Wildman–Crippen MR) is 88.3 cm³/mol. The number of benzene rings is 2. The lowest BCUT2D eigenvalue weighted by atomic mass is 10.2. The molecule has 20 heavy (non-hydrogen) atoms. The van der Waals surface area contributed by atoms with Gasteiger partial charge in [0.05, 0.1) is 11.1 Å². The van der Waals surface area contributed by atoms with Crippen LogP contribution in [0.2, 0.25) is 0 Å². The fourth-order valence-corrected chi connectivity index (χ4v) is 2.83. The lowest BCUT2D eigenvalue weighted by Crippen LogP contribution is -2.18. The van der Waals surface area contributed by atoms with Gasteiger partial charge in [0.25, 0.3) is 10.0 Å². The highest BCUT2D eigenvalue weighted by Crippen LogP contribution is 2.11. The molecule has 2 rings (SSSR count). The van der Waals surface area contributed by atoms with Gasteiger partial charge in [-0.05, 0) is 47.7 Å². The van der Waals surface area contributed by atoms with Crippen LogP contribution >= 0.6 is 22.6 Å². The van der Waals surface area contributed by atoms with Crippen molar-refractivity contribution in [3.63, 3.8) is 0 Å². The van der Waals surface area contributed by atoms with E-state index < -0.39 is 10.0 Å². The van der Waals surface area contributed by atoms with E-state index in [4.69, 9.17) is 0 Å². The Labute approximate surface area is 132 Å². The average Bonchev–Trinajstić information content (AvgIpc) is 2.41. The molecule has 104 valence electrons. The van der Waals surface area contributed by atoms with Crippen molar-refractivity contribution in [3.05, 3.63) is 63.2 Å². The minimum absolute atomic E-state index is 0.197. The van der Waals surface area contributed by atoms with Crippen LogP contribution in [0.15, 0.2) is 58.5 Å². The van der Waals surface area contributed by atoms with Crippen LogP contribution in [0.3, 0.4) is 0 Å². The fourth-order valence-electron chi connectivity index (χ4n) is 1.52. The number of halogens is 1. The summed E-state index contributed by atoms with van der Waals surface area (Å²) in [7, 11) is -3.61. The molecule has 0 aliphatic rings. The van der Waals surface area contributed by atoms with Crippen molar-refractivity contribution >= 4 is 38.8 Å². The largest absolute Gasteiger partial charge is 0.276 e. The minimum Gasteiger partial charge on any atom is -0.200 e. The molecule has 0 unspecified atom stereocenters. The van der Waals surface area contributed by atoms with Crippen LogP contribution in [0.4, 0.5) is 0 Å². The van der Waals surface area contributed by atoms with E-state index >= 15 is 0 Å². The second kappa shape index (κ2) is 6.36. The van der Waals surface area contributed by atoms with Crippen molar-refractivity contribution in [1.29, 1.82) is 0 Å². The Hall–Kier alpha value is -1.41. The molecule has 0 fully saturated rings. The van der Waals surface area contributed by atoms with Gasteiger partial charge in [-0.1, -0.05) is 35.9 Å². The summed E-state index contributed by atoms with van der Waals surface area (Å²) in [6.07, 6.45) is 1.49. The number of nitrogens with one attached hydrogen (secondary N) is 1. The van der Waals surface area contributed by atoms with Crippen molar-refractivity contribution < 1.29 is 8.42 Å². The van der Waals surface area contributed by atoms with Gasteiger partial charge in [-0.3, -0.25) is 0 Å². The normalized spacial score (nSPS) is 11.7. The van der Waals surface area contributed by atoms with Gasteiger partial charge in [-0.25, -0.2) is 4.83 Å². The van der Waals surface area contributed by atoms with E-state index in [1.807, 2.05) is 31.2 Å². The third-order valence-corrected chi connectivity index (χ3v) is 4.83. The number of nitrogens with zero attached hydrogens (tertiary/aromatic N) is 1. The Kier molecular flexibility index (Phi) is 4.77. The van der Waals surface area contributed by atoms with Crippen LogP contribution in [0.25, 0.3) is 0 Å². The summed E-state index contributed by atoms with van der Waals surface area (Å²) in [6.45, 7) is 1.90. The molecule has 0 saturated heterocycles. The average molecular weight is 400 g/mol. The van der Waals surface area contributed by atoms with Crippen molar-refractivity contribution in [3.8, 4) is 0 Å². The first-order valence-corrected chi connectivity index (χ1v) is 8.41. The molecule has 0 aromatic heterocycles. The Balaban J connectivity index is 2.14. The maximum Gasteiger partial charge on any atom is 0.276 e. The van der Waals surface area contributed by atoms with Crippen molar-refractivity contribution in [2.75, 3.05) is 0 Å². The molecule has 0 radical (unpaired) electrons. The van der Waals surface area contributed by atoms with Crippen molar-refractivity contribution in [2.45, 2.75) is 11.8 Å². The van der Waals surface area contributed by atoms with E-state index in [-0.39, 0.29) is 4.90 Å². The third kappa shape index (κ3) is 3.80. The number of hydrazone groups is 1. The second-order valence-corrected chi connectivity index (χ2v) is 7.01. The summed E-state index contributed by atoms with van der Waals surface area (Å²) in [5, 5.41) is 3.81. The maximum absolute atomic E-state index is 12.0. The highest BCUT2D eigenvalue weighted by molar-refractivity contribution is 14.1. The summed E-state index contributed by atoms with van der Waals surface area (Å²) in [5.74, 6) is 0. The van der Waals surface area contributed by atoms with Gasteiger partial charge in [0.1, 0.15) is 0 Å². The molecular formula is C14H13IN2O2S. The quantitative estimate of drug-likeness (QED) is 0.488. The van der Waals surface area contributed by atoms with Crippen LogP contribution in [-0.2, 0) is 10.0 Å². The molecule has 0 aliphatic carbocycles. The number of sulfonamides is 1. The molecule has 0 amide bonds. The SMILES string of the molecule is Cc1ccc(S(=O)(=O)NN=Cc2ccccc2I)cc1. The van der Waals surface area contributed by atoms with Gasteiger partial charge in [-0.2, -0.15) is 13.5 Å². The summed E-state index contributed by atoms with van der Waals surface area (Å²) in [4.78, 5) is 2.41. The highest BCUT2D eigenvalue weighted by atomic mass is 127. The van der Waals surface area contributed by atoms with E-state index in [0.717, 1.165) is 14.7 Å². The minimum atomic E-state index is -3.61. The van der Waals surface area contributed by atoms with Gasteiger partial charge in [0.2, 0.25) is 0 Å². The molecule has 0 atom stereocenters. The van der Waals surface area contributed by atoms with E-state index in [1.165, 1.54) is 6.21 Å². The monoisotopic (exact) mass is 400 g/mol. The summed E-state index contributed by atoms with van der Waals surface area (Å²) in [5.41, 5.74) is 1.87. The Morgan fingerprint density at radius 3 is 2.40 bits per heavy atom. The van der Waals surface area contributed by atoms with Crippen LogP contribution in [-0.4, -0.2) is 14.6 Å². The summed E-state index contributed by atoms with van der Waals surface area (Å²) >= 11 is 2.17. The number of aryl methyl sites for hydroxylation is 1. The maximum atomic E-state index is 12.0. The number of hydrogen-bond donors (Lipinski definition) is 1. The Morgan fingerprint density at radius 2 is 1.75 bits per heavy atom. The molecule has 1 N–H and O–H groups in total. The van der Waals surface area contributed by atoms with Crippen LogP contribution in [0, 0.1) is 10.5 Å². The molecule has 0 spiro atoms. The first-order chi connectivity index (χ1) is 9.49. The number of hydrogen-bond acceptors (Lipinski definition) is 3. The van der Waals surface area contributed by atoms with Crippen molar-refractivity contribution in [1.82, 2.24) is 4.83 Å². The second-order valence-electron chi connectivity index (χ2n) is 4.19. The zero-order chi connectivity index (χ0) is 14.6. The molecule has 0 aliphatic heterocycles. The van der Waals surface area contributed by atoms with Gasteiger partial charge in [0, 0.05) is 9.13 Å². The summed E-state index contributed by atoms with van der Waals surface area (Å²) < 4.78 is 25.0. The van der Waals surface area contributed by atoms with Gasteiger partial charge >= 0.3 is 0 Å². The van der Waals surface area contributed by atoms with Crippen LogP contribution in [0.5, 0.6) is 0 Å². The molecule has 2 aromatic rings. The molecule has 4 nitrogen and oxygen atoms in total. The topological polar surface area (TPSA) is 58.5 Å². The summed E-state index contributed by atoms with van der Waals surface area (Å²) in [6, 6.07) is 14.2. The van der Waals surface area contributed by atoms with E-state index in [0.29, 0.717) is 0 Å². The van der Waals surface area contributed by atoms with Gasteiger partial charge in [-0.15, -0.1) is 0 Å².